The Labute approximate surface area is 108 Å². The smallest absolute Gasteiger partial charge is 0.0972 e. The van der Waals surface area contributed by atoms with Crippen LogP contribution in [-0.2, 0) is 10.1 Å². The lowest BCUT2D eigenvalue weighted by Gasteiger charge is -2.33. The Bertz CT molecular complexity index is 325. The molecule has 0 spiro atoms. The van der Waals surface area contributed by atoms with E-state index in [2.05, 4.69) is 5.32 Å². The highest BCUT2D eigenvalue weighted by Gasteiger charge is 2.29. The summed E-state index contributed by atoms with van der Waals surface area (Å²) in [5.41, 5.74) is -0.984. The molecule has 0 rings (SSSR count). The van der Waals surface area contributed by atoms with Gasteiger partial charge in [-0.05, 0) is 12.3 Å². The van der Waals surface area contributed by atoms with Crippen molar-refractivity contribution in [3.05, 3.63) is 0 Å². The van der Waals surface area contributed by atoms with Crippen molar-refractivity contribution in [2.45, 2.75) is 31.9 Å². The number of nitrogens with one attached hydrogen (secondary N) is 1. The second-order valence-corrected chi connectivity index (χ2v) is 6.40. The van der Waals surface area contributed by atoms with E-state index in [1.807, 2.05) is 13.8 Å². The van der Waals surface area contributed by atoms with Crippen molar-refractivity contribution in [3.63, 3.8) is 0 Å². The van der Waals surface area contributed by atoms with E-state index >= 15 is 0 Å². The molecule has 7 nitrogen and oxygen atoms in total. The molecule has 1 atom stereocenters. The van der Waals surface area contributed by atoms with E-state index in [1.165, 1.54) is 0 Å². The quantitative estimate of drug-likeness (QED) is 0.369. The minimum Gasteiger partial charge on any atom is -0.748 e. The molecule has 0 radical (unpaired) electrons. The van der Waals surface area contributed by atoms with Crippen LogP contribution >= 0.6 is 0 Å². The van der Waals surface area contributed by atoms with Gasteiger partial charge in [0.05, 0.1) is 40.7 Å². The first-order valence-electron chi connectivity index (χ1n) is 5.72. The van der Waals surface area contributed by atoms with Crippen LogP contribution in [0.15, 0.2) is 0 Å². The van der Waals surface area contributed by atoms with Gasteiger partial charge in [0.15, 0.2) is 0 Å². The number of rotatable bonds is 9. The van der Waals surface area contributed by atoms with Gasteiger partial charge in [-0.15, -0.1) is 0 Å². The Balaban J connectivity index is 4.43. The van der Waals surface area contributed by atoms with Crippen LogP contribution in [0.3, 0.4) is 0 Å². The Hall–Kier alpha value is -0.250. The molecule has 0 fully saturated rings. The molecule has 0 heterocycles. The zero-order valence-corrected chi connectivity index (χ0v) is 11.5. The maximum atomic E-state index is 10.4. The molecule has 0 aliphatic heterocycles. The minimum absolute atomic E-state index is 0.185. The van der Waals surface area contributed by atoms with Gasteiger partial charge in [0.25, 0.3) is 0 Å². The third-order valence-electron chi connectivity index (χ3n) is 2.51. The second kappa shape index (κ2) is 7.37. The van der Waals surface area contributed by atoms with E-state index in [9.17, 15) is 28.3 Å². The van der Waals surface area contributed by atoms with Crippen molar-refractivity contribution in [3.8, 4) is 0 Å². The maximum Gasteiger partial charge on any atom is 0.0972 e. The van der Waals surface area contributed by atoms with Gasteiger partial charge in [0.1, 0.15) is 0 Å². The molecular formula is C10H22NO6S-. The lowest BCUT2D eigenvalue weighted by Crippen LogP contribution is -2.55. The lowest BCUT2D eigenvalue weighted by atomic mass is 9.90. The molecule has 0 amide bonds. The number of hydrogen-bond donors (Lipinski definition) is 4. The summed E-state index contributed by atoms with van der Waals surface area (Å²) in [4.78, 5) is 0. The summed E-state index contributed by atoms with van der Waals surface area (Å²) in [6, 6.07) is 0. The van der Waals surface area contributed by atoms with E-state index < -0.39 is 27.5 Å². The number of hydrogen-bond acceptors (Lipinski definition) is 7. The zero-order valence-electron chi connectivity index (χ0n) is 10.7. The molecule has 8 heteroatoms. The highest BCUT2D eigenvalue weighted by atomic mass is 32.2. The fourth-order valence-electron chi connectivity index (χ4n) is 1.77. The van der Waals surface area contributed by atoms with Crippen LogP contribution in [0.1, 0.15) is 20.3 Å². The SMILES string of the molecule is CC(C)CC(CO)(CO)NCC(O)CS(=O)(=O)[O-]. The molecule has 18 heavy (non-hydrogen) atoms. The molecule has 0 aromatic heterocycles. The van der Waals surface area contributed by atoms with Crippen molar-refractivity contribution in [1.82, 2.24) is 5.32 Å². The standard InChI is InChI=1S/C10H23NO6S/c1-8(2)3-10(6-12,7-13)11-4-9(14)5-18(15,16)17/h8-9,11-14H,3-7H2,1-2H3,(H,15,16,17)/p-1. The highest BCUT2D eigenvalue weighted by Crippen LogP contribution is 2.16. The van der Waals surface area contributed by atoms with Crippen molar-refractivity contribution < 1.29 is 28.3 Å². The number of aliphatic hydroxyl groups excluding tert-OH is 3. The monoisotopic (exact) mass is 284 g/mol. The van der Waals surface area contributed by atoms with Crippen LogP contribution in [0.25, 0.3) is 0 Å². The molecule has 0 saturated carbocycles. The van der Waals surface area contributed by atoms with Crippen LogP contribution in [0, 0.1) is 5.92 Å². The maximum absolute atomic E-state index is 10.4. The molecule has 1 unspecified atom stereocenters. The van der Waals surface area contributed by atoms with Crippen LogP contribution in [0.5, 0.6) is 0 Å². The van der Waals surface area contributed by atoms with E-state index in [4.69, 9.17) is 0 Å². The molecule has 0 bridgehead atoms. The van der Waals surface area contributed by atoms with Crippen LogP contribution < -0.4 is 5.32 Å². The summed E-state index contributed by atoms with van der Waals surface area (Å²) in [6.07, 6.45) is -0.909. The Morgan fingerprint density at radius 3 is 2.11 bits per heavy atom. The fraction of sp³-hybridized carbons (Fsp3) is 1.00. The molecule has 110 valence electrons. The molecule has 0 aliphatic rings. The van der Waals surface area contributed by atoms with Gasteiger partial charge in [0.2, 0.25) is 0 Å². The van der Waals surface area contributed by atoms with Gasteiger partial charge in [-0.25, -0.2) is 8.42 Å². The summed E-state index contributed by atoms with van der Waals surface area (Å²) in [5, 5.41) is 30.7. The topological polar surface area (TPSA) is 130 Å². The molecular weight excluding hydrogens is 262 g/mol. The van der Waals surface area contributed by atoms with Gasteiger partial charge in [-0.3, -0.25) is 0 Å². The van der Waals surface area contributed by atoms with Gasteiger partial charge in [0, 0.05) is 6.54 Å². The normalized spacial score (nSPS) is 15.1. The predicted molar refractivity (Wildman–Crippen MR) is 64.9 cm³/mol. The first-order valence-corrected chi connectivity index (χ1v) is 7.30. The fourth-order valence-corrected chi connectivity index (χ4v) is 2.36. The molecule has 4 N–H and O–H groups in total. The van der Waals surface area contributed by atoms with Crippen molar-refractivity contribution in [1.29, 1.82) is 0 Å². The van der Waals surface area contributed by atoms with E-state index in [-0.39, 0.29) is 25.7 Å². The van der Waals surface area contributed by atoms with Crippen LogP contribution in [0.4, 0.5) is 0 Å². The average Bonchev–Trinajstić information content (AvgIpc) is 2.21. The molecule has 0 aromatic rings. The zero-order chi connectivity index (χ0) is 14.4. The van der Waals surface area contributed by atoms with Crippen molar-refractivity contribution >= 4 is 10.1 Å². The largest absolute Gasteiger partial charge is 0.748 e. The van der Waals surface area contributed by atoms with Crippen molar-refractivity contribution in [2.24, 2.45) is 5.92 Å². The minimum atomic E-state index is -4.49. The van der Waals surface area contributed by atoms with Crippen molar-refractivity contribution in [2.75, 3.05) is 25.5 Å². The number of β-amino-alcohol motifs (C(OH)–C–C–N with tert-alkyl or cyclic N) is 1. The molecule has 0 aliphatic carbocycles. The summed E-state index contributed by atoms with van der Waals surface area (Å²) in [6.45, 7) is 2.92. The first kappa shape index (κ1) is 17.8. The Kier molecular flexibility index (Phi) is 7.26. The predicted octanol–water partition coefficient (Wildman–Crippen LogP) is -1.75. The van der Waals surface area contributed by atoms with E-state index in [0.717, 1.165) is 0 Å². The Morgan fingerprint density at radius 2 is 1.78 bits per heavy atom. The van der Waals surface area contributed by atoms with Gasteiger partial charge in [-0.1, -0.05) is 13.8 Å². The Morgan fingerprint density at radius 1 is 1.28 bits per heavy atom. The van der Waals surface area contributed by atoms with E-state index in [0.29, 0.717) is 6.42 Å². The first-order chi connectivity index (χ1) is 8.14. The number of aliphatic hydroxyl groups is 3. The van der Waals surface area contributed by atoms with E-state index in [1.54, 1.807) is 0 Å². The molecule has 0 aromatic carbocycles. The summed E-state index contributed by atoms with van der Waals surface area (Å²) < 4.78 is 31.3. The summed E-state index contributed by atoms with van der Waals surface area (Å²) >= 11 is 0. The van der Waals surface area contributed by atoms with Gasteiger partial charge < -0.3 is 25.2 Å². The summed E-state index contributed by atoms with van der Waals surface area (Å²) in [7, 11) is -4.49. The molecule has 0 saturated heterocycles. The third-order valence-corrected chi connectivity index (χ3v) is 3.31. The van der Waals surface area contributed by atoms with Crippen LogP contribution in [-0.4, -0.2) is 65.4 Å². The lowest BCUT2D eigenvalue weighted by molar-refractivity contribution is 0.0622. The highest BCUT2D eigenvalue weighted by molar-refractivity contribution is 7.85. The van der Waals surface area contributed by atoms with Crippen LogP contribution in [0.2, 0.25) is 0 Å². The van der Waals surface area contributed by atoms with Gasteiger partial charge >= 0.3 is 0 Å². The summed E-state index contributed by atoms with van der Waals surface area (Å²) in [5.74, 6) is -0.702. The second-order valence-electron chi connectivity index (χ2n) is 4.95. The average molecular weight is 284 g/mol. The van der Waals surface area contributed by atoms with Gasteiger partial charge in [-0.2, -0.15) is 0 Å². The third kappa shape index (κ3) is 7.24.